The van der Waals surface area contributed by atoms with Crippen LogP contribution in [0.5, 0.6) is 0 Å². The van der Waals surface area contributed by atoms with Gasteiger partial charge in [-0.2, -0.15) is 0 Å². The number of esters is 1. The summed E-state index contributed by atoms with van der Waals surface area (Å²) in [7, 11) is 0. The van der Waals surface area contributed by atoms with Gasteiger partial charge in [0.25, 0.3) is 5.91 Å². The number of ether oxygens (including phenoxy) is 1. The number of thiophene rings is 1. The average Bonchev–Trinajstić information content (AvgIpc) is 3.21. The van der Waals surface area contributed by atoms with E-state index in [1.54, 1.807) is 11.8 Å². The van der Waals surface area contributed by atoms with Crippen LogP contribution in [-0.4, -0.2) is 24.0 Å². The molecule has 4 rings (SSSR count). The summed E-state index contributed by atoms with van der Waals surface area (Å²) in [6.07, 6.45) is 4.48. The van der Waals surface area contributed by atoms with E-state index in [0.717, 1.165) is 30.5 Å². The molecule has 1 aromatic carbocycles. The molecule has 2 aromatic rings. The zero-order chi connectivity index (χ0) is 18.3. The largest absolute Gasteiger partial charge is 0.448 e. The molecule has 1 aliphatic carbocycles. The highest BCUT2D eigenvalue weighted by Gasteiger charge is 2.34. The molecule has 2 aliphatic rings. The van der Waals surface area contributed by atoms with Crippen LogP contribution in [0.2, 0.25) is 0 Å². The summed E-state index contributed by atoms with van der Waals surface area (Å²) >= 11 is 1.52. The first-order valence-electron chi connectivity index (χ1n) is 9.28. The van der Waals surface area contributed by atoms with Crippen molar-refractivity contribution < 1.29 is 14.3 Å². The molecule has 0 radical (unpaired) electrons. The molecule has 1 aromatic heterocycles. The fraction of sp³-hybridized carbons (Fsp3) is 0.429. The van der Waals surface area contributed by atoms with E-state index in [1.165, 1.54) is 34.6 Å². The van der Waals surface area contributed by atoms with Crippen molar-refractivity contribution in [1.82, 2.24) is 0 Å². The van der Waals surface area contributed by atoms with Crippen LogP contribution in [0.3, 0.4) is 0 Å². The quantitative estimate of drug-likeness (QED) is 0.764. The van der Waals surface area contributed by atoms with Crippen LogP contribution in [0.25, 0.3) is 0 Å². The second-order valence-electron chi connectivity index (χ2n) is 7.20. The minimum atomic E-state index is -0.796. The Morgan fingerprint density at radius 2 is 1.96 bits per heavy atom. The van der Waals surface area contributed by atoms with E-state index < -0.39 is 6.10 Å². The van der Waals surface area contributed by atoms with Gasteiger partial charge in [-0.25, -0.2) is 4.79 Å². The number of hydrogen-bond acceptors (Lipinski definition) is 4. The maximum absolute atomic E-state index is 12.9. The zero-order valence-electron chi connectivity index (χ0n) is 15.2. The highest BCUT2D eigenvalue weighted by molar-refractivity contribution is 7.14. The van der Waals surface area contributed by atoms with Crippen molar-refractivity contribution in [3.63, 3.8) is 0 Å². The highest BCUT2D eigenvalue weighted by atomic mass is 32.1. The number of nitrogens with zero attached hydrogens (tertiary/aromatic N) is 1. The van der Waals surface area contributed by atoms with Crippen LogP contribution < -0.4 is 4.90 Å². The lowest BCUT2D eigenvalue weighted by atomic mass is 9.99. The molecule has 4 nitrogen and oxygen atoms in total. The van der Waals surface area contributed by atoms with E-state index in [2.05, 4.69) is 0 Å². The average molecular weight is 369 g/mol. The van der Waals surface area contributed by atoms with Gasteiger partial charge in [-0.05, 0) is 69.2 Å². The minimum Gasteiger partial charge on any atom is -0.448 e. The molecule has 0 bridgehead atoms. The molecule has 0 saturated heterocycles. The number of fused-ring (bicyclic) bond motifs is 2. The molecule has 2 atom stereocenters. The van der Waals surface area contributed by atoms with Gasteiger partial charge in [-0.1, -0.05) is 18.2 Å². The van der Waals surface area contributed by atoms with Crippen molar-refractivity contribution in [3.8, 4) is 0 Å². The predicted molar refractivity (Wildman–Crippen MR) is 103 cm³/mol. The summed E-state index contributed by atoms with van der Waals surface area (Å²) < 4.78 is 5.53. The van der Waals surface area contributed by atoms with Crippen molar-refractivity contribution in [1.29, 1.82) is 0 Å². The molecule has 0 fully saturated rings. The fourth-order valence-electron chi connectivity index (χ4n) is 3.96. The maximum Gasteiger partial charge on any atom is 0.349 e. The monoisotopic (exact) mass is 369 g/mol. The summed E-state index contributed by atoms with van der Waals surface area (Å²) in [6.45, 7) is 3.70. The lowest BCUT2D eigenvalue weighted by Crippen LogP contribution is -2.43. The number of hydrogen-bond donors (Lipinski definition) is 0. The first-order chi connectivity index (χ1) is 12.5. The number of carbonyl (C=O) groups excluding carboxylic acids is 2. The second kappa shape index (κ2) is 6.88. The Morgan fingerprint density at radius 3 is 2.77 bits per heavy atom. The van der Waals surface area contributed by atoms with Gasteiger partial charge in [-0.15, -0.1) is 11.3 Å². The molecule has 0 unspecified atom stereocenters. The molecule has 0 spiro atoms. The summed E-state index contributed by atoms with van der Waals surface area (Å²) in [5, 5.41) is 0. The molecular formula is C21H23NO3S. The molecule has 0 N–H and O–H groups in total. The Balaban J connectivity index is 1.47. The SMILES string of the molecule is C[C@@H]1Cc2ccccc2N1C(=O)[C@@H](C)OC(=O)c1cc2c(s1)CCCC2. The fourth-order valence-corrected chi connectivity index (χ4v) is 5.09. The molecule has 2 heterocycles. The number of aryl methyl sites for hydroxylation is 2. The van der Waals surface area contributed by atoms with Crippen LogP contribution in [0.4, 0.5) is 5.69 Å². The number of benzene rings is 1. The van der Waals surface area contributed by atoms with Gasteiger partial charge in [0.2, 0.25) is 0 Å². The zero-order valence-corrected chi connectivity index (χ0v) is 16.0. The van der Waals surface area contributed by atoms with Gasteiger partial charge in [0.15, 0.2) is 6.10 Å². The molecule has 1 amide bonds. The third kappa shape index (κ3) is 3.05. The Bertz CT molecular complexity index is 833. The van der Waals surface area contributed by atoms with E-state index in [4.69, 9.17) is 4.74 Å². The van der Waals surface area contributed by atoms with Crippen molar-refractivity contribution in [2.45, 2.75) is 58.1 Å². The lowest BCUT2D eigenvalue weighted by Gasteiger charge is -2.25. The first kappa shape index (κ1) is 17.3. The van der Waals surface area contributed by atoms with Gasteiger partial charge in [0, 0.05) is 16.6 Å². The van der Waals surface area contributed by atoms with Crippen molar-refractivity contribution in [2.75, 3.05) is 4.90 Å². The lowest BCUT2D eigenvalue weighted by molar-refractivity contribution is -0.126. The third-order valence-electron chi connectivity index (χ3n) is 5.27. The van der Waals surface area contributed by atoms with Gasteiger partial charge < -0.3 is 9.64 Å². The van der Waals surface area contributed by atoms with Gasteiger partial charge in [-0.3, -0.25) is 4.79 Å². The normalized spacial score (nSPS) is 19.6. The van der Waals surface area contributed by atoms with E-state index in [0.29, 0.717) is 4.88 Å². The van der Waals surface area contributed by atoms with Crippen molar-refractivity contribution in [2.24, 2.45) is 0 Å². The molecular weight excluding hydrogens is 346 g/mol. The predicted octanol–water partition coefficient (Wildman–Crippen LogP) is 4.15. The number of para-hydroxylation sites is 1. The Kier molecular flexibility index (Phi) is 4.57. The minimum absolute atomic E-state index is 0.0788. The van der Waals surface area contributed by atoms with E-state index in [9.17, 15) is 9.59 Å². The maximum atomic E-state index is 12.9. The summed E-state index contributed by atoms with van der Waals surface area (Å²) in [6, 6.07) is 9.96. The van der Waals surface area contributed by atoms with E-state index in [1.807, 2.05) is 37.3 Å². The van der Waals surface area contributed by atoms with Crippen molar-refractivity contribution >= 4 is 28.9 Å². The van der Waals surface area contributed by atoms with Crippen molar-refractivity contribution in [3.05, 3.63) is 51.2 Å². The Hall–Kier alpha value is -2.14. The Morgan fingerprint density at radius 1 is 1.19 bits per heavy atom. The number of rotatable bonds is 3. The van der Waals surface area contributed by atoms with Gasteiger partial charge in [0.05, 0.1) is 0 Å². The standard InChI is InChI=1S/C21H23NO3S/c1-13-11-15-7-3-5-9-17(15)22(13)20(23)14(2)25-21(24)19-12-16-8-4-6-10-18(16)26-19/h3,5,7,9,12-14H,4,6,8,10-11H2,1-2H3/t13-,14-/m1/s1. The van der Waals surface area contributed by atoms with Crippen LogP contribution >= 0.6 is 11.3 Å². The molecule has 1 aliphatic heterocycles. The topological polar surface area (TPSA) is 46.6 Å². The Labute approximate surface area is 157 Å². The number of carbonyl (C=O) groups is 2. The molecule has 5 heteroatoms. The van der Waals surface area contributed by atoms with E-state index in [-0.39, 0.29) is 17.9 Å². The molecule has 136 valence electrons. The van der Waals surface area contributed by atoms with Crippen LogP contribution in [0.1, 0.15) is 52.4 Å². The summed E-state index contributed by atoms with van der Waals surface area (Å²) in [5.41, 5.74) is 3.37. The number of anilines is 1. The summed E-state index contributed by atoms with van der Waals surface area (Å²) in [5.74, 6) is -0.539. The van der Waals surface area contributed by atoms with Crippen LogP contribution in [0.15, 0.2) is 30.3 Å². The van der Waals surface area contributed by atoms with E-state index >= 15 is 0 Å². The first-order valence-corrected chi connectivity index (χ1v) is 10.1. The van der Waals surface area contributed by atoms with Crippen LogP contribution in [-0.2, 0) is 28.8 Å². The number of amides is 1. The van der Waals surface area contributed by atoms with Crippen LogP contribution in [0, 0.1) is 0 Å². The highest BCUT2D eigenvalue weighted by Crippen LogP contribution is 2.33. The van der Waals surface area contributed by atoms with Gasteiger partial charge >= 0.3 is 5.97 Å². The third-order valence-corrected chi connectivity index (χ3v) is 6.49. The molecule has 0 saturated carbocycles. The van der Waals surface area contributed by atoms with Gasteiger partial charge in [0.1, 0.15) is 4.88 Å². The smallest absolute Gasteiger partial charge is 0.349 e. The summed E-state index contributed by atoms with van der Waals surface area (Å²) in [4.78, 5) is 29.2. The second-order valence-corrected chi connectivity index (χ2v) is 8.34. The molecule has 26 heavy (non-hydrogen) atoms.